The molecule has 2 rings (SSSR count). The van der Waals surface area contributed by atoms with Gasteiger partial charge in [-0.2, -0.15) is 0 Å². The summed E-state index contributed by atoms with van der Waals surface area (Å²) in [6.45, 7) is 0.887. The minimum atomic E-state index is 0.435. The van der Waals surface area contributed by atoms with Crippen LogP contribution in [0.5, 0.6) is 5.88 Å². The van der Waals surface area contributed by atoms with Gasteiger partial charge in [-0.05, 0) is 18.2 Å². The van der Waals surface area contributed by atoms with Crippen molar-refractivity contribution < 1.29 is 4.74 Å². The minimum absolute atomic E-state index is 0.435. The molecular weight excluding hydrogens is 273 g/mol. The average Bonchev–Trinajstić information content (AvgIpc) is 2.68. The predicted molar refractivity (Wildman–Crippen MR) is 73.2 cm³/mol. The predicted octanol–water partition coefficient (Wildman–Crippen LogP) is 2.73. The van der Waals surface area contributed by atoms with Crippen molar-refractivity contribution in [3.63, 3.8) is 0 Å². The highest BCUT2D eigenvalue weighted by Crippen LogP contribution is 2.31. The van der Waals surface area contributed by atoms with Gasteiger partial charge in [0.15, 0.2) is 0 Å². The molecule has 0 bridgehead atoms. The van der Waals surface area contributed by atoms with E-state index in [1.165, 1.54) is 0 Å². The van der Waals surface area contributed by atoms with E-state index in [1.54, 1.807) is 16.8 Å². The summed E-state index contributed by atoms with van der Waals surface area (Å²) in [5, 5.41) is 5.42. The van der Waals surface area contributed by atoms with E-state index >= 15 is 0 Å². The highest BCUT2D eigenvalue weighted by molar-refractivity contribution is 6.36. The molecule has 0 fully saturated rings. The Kier molecular flexibility index (Phi) is 4.11. The lowest BCUT2D eigenvalue weighted by atomic mass is 10.1. The maximum Gasteiger partial charge on any atom is 0.233 e. The number of nitrogens with two attached hydrogens (primary N) is 1. The molecule has 0 amide bonds. The van der Waals surface area contributed by atoms with Gasteiger partial charge < -0.3 is 10.5 Å². The minimum Gasteiger partial charge on any atom is -0.475 e. The quantitative estimate of drug-likeness (QED) is 0.940. The second-order valence-electron chi connectivity index (χ2n) is 3.75. The number of aromatic nitrogens is 2. The van der Waals surface area contributed by atoms with Gasteiger partial charge in [0.25, 0.3) is 0 Å². The standard InChI is InChI=1S/C12H13Cl2N3O/c1-17-11(7-12(16-17)18-5-4-15)9-3-2-8(13)6-10(9)14/h2-3,6-7H,4-5,15H2,1H3. The Bertz CT molecular complexity index is 554. The van der Waals surface area contributed by atoms with E-state index in [1.807, 2.05) is 19.2 Å². The first-order valence-corrected chi connectivity index (χ1v) is 6.19. The number of benzene rings is 1. The molecule has 0 saturated carbocycles. The molecule has 0 radical (unpaired) electrons. The first-order chi connectivity index (χ1) is 8.61. The van der Waals surface area contributed by atoms with Crippen LogP contribution in [-0.2, 0) is 7.05 Å². The molecule has 0 aliphatic carbocycles. The highest BCUT2D eigenvalue weighted by atomic mass is 35.5. The lowest BCUT2D eigenvalue weighted by molar-refractivity contribution is 0.312. The summed E-state index contributed by atoms with van der Waals surface area (Å²) in [4.78, 5) is 0. The first-order valence-electron chi connectivity index (χ1n) is 5.44. The average molecular weight is 286 g/mol. The smallest absolute Gasteiger partial charge is 0.233 e. The Morgan fingerprint density at radius 2 is 2.11 bits per heavy atom. The second kappa shape index (κ2) is 5.61. The van der Waals surface area contributed by atoms with Crippen molar-refractivity contribution >= 4 is 23.2 Å². The maximum absolute atomic E-state index is 6.16. The summed E-state index contributed by atoms with van der Waals surface area (Å²) < 4.78 is 7.08. The summed E-state index contributed by atoms with van der Waals surface area (Å²) in [6, 6.07) is 7.17. The molecule has 1 heterocycles. The molecule has 2 aromatic rings. The van der Waals surface area contributed by atoms with E-state index in [0.717, 1.165) is 11.3 Å². The van der Waals surface area contributed by atoms with Crippen LogP contribution in [0.3, 0.4) is 0 Å². The molecule has 2 N–H and O–H groups in total. The Balaban J connectivity index is 2.35. The van der Waals surface area contributed by atoms with Crippen LogP contribution in [0.25, 0.3) is 11.3 Å². The molecule has 0 aliphatic rings. The molecule has 0 unspecified atom stereocenters. The molecular formula is C12H13Cl2N3O. The monoisotopic (exact) mass is 285 g/mol. The summed E-state index contributed by atoms with van der Waals surface area (Å²) in [7, 11) is 1.83. The Morgan fingerprint density at radius 3 is 2.78 bits per heavy atom. The van der Waals surface area contributed by atoms with Gasteiger partial charge in [-0.15, -0.1) is 5.10 Å². The molecule has 18 heavy (non-hydrogen) atoms. The fraction of sp³-hybridized carbons (Fsp3) is 0.250. The zero-order chi connectivity index (χ0) is 13.1. The van der Waals surface area contributed by atoms with Crippen LogP contribution < -0.4 is 10.5 Å². The van der Waals surface area contributed by atoms with Crippen LogP contribution in [-0.4, -0.2) is 22.9 Å². The second-order valence-corrected chi connectivity index (χ2v) is 4.60. The van der Waals surface area contributed by atoms with Crippen LogP contribution in [0.4, 0.5) is 0 Å². The lowest BCUT2D eigenvalue weighted by Gasteiger charge is -2.04. The Hall–Kier alpha value is -1.23. The van der Waals surface area contributed by atoms with E-state index in [0.29, 0.717) is 29.1 Å². The number of ether oxygens (including phenoxy) is 1. The van der Waals surface area contributed by atoms with Gasteiger partial charge in [0.05, 0.1) is 10.7 Å². The van der Waals surface area contributed by atoms with Crippen LogP contribution in [0.2, 0.25) is 10.0 Å². The largest absolute Gasteiger partial charge is 0.475 e. The van der Waals surface area contributed by atoms with Crippen molar-refractivity contribution in [1.29, 1.82) is 0 Å². The zero-order valence-electron chi connectivity index (χ0n) is 9.86. The fourth-order valence-electron chi connectivity index (χ4n) is 1.62. The molecule has 4 nitrogen and oxygen atoms in total. The van der Waals surface area contributed by atoms with Crippen LogP contribution in [0, 0.1) is 0 Å². The van der Waals surface area contributed by atoms with Crippen LogP contribution >= 0.6 is 23.2 Å². The Morgan fingerprint density at radius 1 is 1.33 bits per heavy atom. The van der Waals surface area contributed by atoms with E-state index in [2.05, 4.69) is 5.10 Å². The van der Waals surface area contributed by atoms with Gasteiger partial charge in [0, 0.05) is 30.2 Å². The van der Waals surface area contributed by atoms with Crippen molar-refractivity contribution in [2.75, 3.05) is 13.2 Å². The van der Waals surface area contributed by atoms with Crippen molar-refractivity contribution in [2.45, 2.75) is 0 Å². The Labute approximate surface area is 115 Å². The number of nitrogens with zero attached hydrogens (tertiary/aromatic N) is 2. The maximum atomic E-state index is 6.16. The number of halogens is 2. The summed E-state index contributed by atoms with van der Waals surface area (Å²) >= 11 is 12.0. The van der Waals surface area contributed by atoms with Gasteiger partial charge in [-0.3, -0.25) is 4.68 Å². The van der Waals surface area contributed by atoms with E-state index in [4.69, 9.17) is 33.7 Å². The van der Waals surface area contributed by atoms with E-state index < -0.39 is 0 Å². The first kappa shape index (κ1) is 13.2. The fourth-order valence-corrected chi connectivity index (χ4v) is 2.13. The third kappa shape index (κ3) is 2.77. The number of aryl methyl sites for hydroxylation is 1. The molecule has 0 saturated heterocycles. The molecule has 0 atom stereocenters. The molecule has 1 aromatic carbocycles. The van der Waals surface area contributed by atoms with Crippen molar-refractivity contribution in [3.05, 3.63) is 34.3 Å². The number of hydrogen-bond acceptors (Lipinski definition) is 3. The molecule has 0 aliphatic heterocycles. The third-order valence-corrected chi connectivity index (χ3v) is 2.98. The van der Waals surface area contributed by atoms with Crippen LogP contribution in [0.1, 0.15) is 0 Å². The van der Waals surface area contributed by atoms with Gasteiger partial charge >= 0.3 is 0 Å². The normalized spacial score (nSPS) is 10.7. The van der Waals surface area contributed by atoms with Crippen LogP contribution in [0.15, 0.2) is 24.3 Å². The van der Waals surface area contributed by atoms with E-state index in [9.17, 15) is 0 Å². The topological polar surface area (TPSA) is 53.1 Å². The lowest BCUT2D eigenvalue weighted by Crippen LogP contribution is -2.10. The molecule has 0 spiro atoms. The number of hydrogen-bond donors (Lipinski definition) is 1. The molecule has 1 aromatic heterocycles. The van der Waals surface area contributed by atoms with Gasteiger partial charge in [-0.1, -0.05) is 23.2 Å². The molecule has 6 heteroatoms. The molecule has 96 valence electrons. The van der Waals surface area contributed by atoms with Gasteiger partial charge in [0.1, 0.15) is 6.61 Å². The highest BCUT2D eigenvalue weighted by Gasteiger charge is 2.11. The van der Waals surface area contributed by atoms with Crippen molar-refractivity contribution in [2.24, 2.45) is 12.8 Å². The van der Waals surface area contributed by atoms with Crippen molar-refractivity contribution in [3.8, 4) is 17.1 Å². The van der Waals surface area contributed by atoms with Gasteiger partial charge in [-0.25, -0.2) is 0 Å². The SMILES string of the molecule is Cn1nc(OCCN)cc1-c1ccc(Cl)cc1Cl. The summed E-state index contributed by atoms with van der Waals surface area (Å²) in [5.41, 5.74) is 7.10. The summed E-state index contributed by atoms with van der Waals surface area (Å²) in [6.07, 6.45) is 0. The van der Waals surface area contributed by atoms with Crippen molar-refractivity contribution in [1.82, 2.24) is 9.78 Å². The number of rotatable bonds is 4. The zero-order valence-corrected chi connectivity index (χ0v) is 11.4. The third-order valence-electron chi connectivity index (χ3n) is 2.43. The van der Waals surface area contributed by atoms with Gasteiger partial charge in [0.2, 0.25) is 5.88 Å². The van der Waals surface area contributed by atoms with E-state index in [-0.39, 0.29) is 0 Å². The summed E-state index contributed by atoms with van der Waals surface area (Å²) in [5.74, 6) is 0.531.